The molecule has 132 valence electrons. The van der Waals surface area contributed by atoms with E-state index in [1.54, 1.807) is 0 Å². The molecule has 2 nitrogen and oxygen atoms in total. The molecule has 0 radical (unpaired) electrons. The predicted octanol–water partition coefficient (Wildman–Crippen LogP) is 5.34. The zero-order chi connectivity index (χ0) is 17.4. The van der Waals surface area contributed by atoms with E-state index in [4.69, 9.17) is 0 Å². The van der Waals surface area contributed by atoms with Gasteiger partial charge in [0, 0.05) is 6.54 Å². The predicted molar refractivity (Wildman–Crippen MR) is 104 cm³/mol. The maximum absolute atomic E-state index is 11.2. The van der Waals surface area contributed by atoms with Gasteiger partial charge in [0.2, 0.25) is 0 Å². The molecular weight excluding hydrogens is 294 g/mol. The molecule has 2 aromatic rings. The summed E-state index contributed by atoms with van der Waals surface area (Å²) in [5.74, 6) is 0. The summed E-state index contributed by atoms with van der Waals surface area (Å²) < 4.78 is 0. The van der Waals surface area contributed by atoms with Crippen LogP contribution in [0.5, 0.6) is 0 Å². The Morgan fingerprint density at radius 3 is 2.17 bits per heavy atom. The van der Waals surface area contributed by atoms with Gasteiger partial charge in [-0.2, -0.15) is 0 Å². The van der Waals surface area contributed by atoms with Crippen molar-refractivity contribution in [3.63, 3.8) is 0 Å². The average molecular weight is 328 g/mol. The molecule has 24 heavy (non-hydrogen) atoms. The van der Waals surface area contributed by atoms with Crippen LogP contribution in [-0.4, -0.2) is 29.6 Å². The second-order valence-corrected chi connectivity index (χ2v) is 7.10. The molecule has 0 bridgehead atoms. The lowest BCUT2D eigenvalue weighted by molar-refractivity contribution is 0.0369. The van der Waals surface area contributed by atoms with Gasteiger partial charge in [0.25, 0.3) is 0 Å². The number of benzene rings is 2. The number of aliphatic hydroxyl groups is 1. The summed E-state index contributed by atoms with van der Waals surface area (Å²) in [6.07, 6.45) is 5.69. The first-order valence-electron chi connectivity index (χ1n) is 9.51. The molecule has 1 unspecified atom stereocenters. The summed E-state index contributed by atoms with van der Waals surface area (Å²) in [7, 11) is 0. The normalized spacial score (nSPS) is 14.2. The van der Waals surface area contributed by atoms with Crippen LogP contribution < -0.4 is 0 Å². The van der Waals surface area contributed by atoms with Crippen molar-refractivity contribution in [2.45, 2.75) is 58.5 Å². The second-order valence-electron chi connectivity index (χ2n) is 7.10. The minimum atomic E-state index is -0.794. The highest BCUT2D eigenvalue weighted by Gasteiger charge is 2.25. The Kier molecular flexibility index (Phi) is 7.26. The van der Waals surface area contributed by atoms with Gasteiger partial charge in [-0.3, -0.25) is 0 Å². The van der Waals surface area contributed by atoms with E-state index in [1.165, 1.54) is 36.5 Å². The molecule has 1 N–H and O–H groups in total. The fraction of sp³-hybridized carbons (Fsp3) is 0.545. The minimum absolute atomic E-state index is 0.772. The lowest BCUT2D eigenvalue weighted by Crippen LogP contribution is -2.33. The third kappa shape index (κ3) is 5.06. The molecule has 0 aliphatic rings. The average Bonchev–Trinajstić information content (AvgIpc) is 2.60. The summed E-state index contributed by atoms with van der Waals surface area (Å²) in [5.41, 5.74) is 0.254. The van der Waals surface area contributed by atoms with Gasteiger partial charge in [-0.1, -0.05) is 69.2 Å². The summed E-state index contributed by atoms with van der Waals surface area (Å²) in [6.45, 7) is 9.68. The van der Waals surface area contributed by atoms with Crippen LogP contribution in [0.4, 0.5) is 0 Å². The fourth-order valence-electron chi connectivity index (χ4n) is 3.30. The van der Waals surface area contributed by atoms with Gasteiger partial charge in [-0.25, -0.2) is 0 Å². The molecule has 0 spiro atoms. The van der Waals surface area contributed by atoms with Crippen molar-refractivity contribution in [1.82, 2.24) is 4.90 Å². The number of hydrogen-bond donors (Lipinski definition) is 1. The van der Waals surface area contributed by atoms with E-state index in [1.807, 2.05) is 6.92 Å². The van der Waals surface area contributed by atoms with E-state index >= 15 is 0 Å². The van der Waals surface area contributed by atoms with E-state index in [9.17, 15) is 5.11 Å². The minimum Gasteiger partial charge on any atom is -0.385 e. The van der Waals surface area contributed by atoms with Gasteiger partial charge >= 0.3 is 0 Å². The second kappa shape index (κ2) is 9.19. The molecule has 0 heterocycles. The first kappa shape index (κ1) is 19.0. The molecule has 0 amide bonds. The number of hydrogen-bond acceptors (Lipinski definition) is 2. The highest BCUT2D eigenvalue weighted by atomic mass is 16.3. The van der Waals surface area contributed by atoms with Gasteiger partial charge in [0.15, 0.2) is 0 Å². The summed E-state index contributed by atoms with van der Waals surface area (Å²) in [5, 5.41) is 13.5. The highest BCUT2D eigenvalue weighted by molar-refractivity contribution is 5.86. The van der Waals surface area contributed by atoms with E-state index < -0.39 is 5.60 Å². The van der Waals surface area contributed by atoms with Crippen molar-refractivity contribution < 1.29 is 5.11 Å². The molecular formula is C22H33NO. The molecule has 0 aromatic heterocycles. The van der Waals surface area contributed by atoms with Crippen molar-refractivity contribution in [3.8, 4) is 0 Å². The van der Waals surface area contributed by atoms with E-state index in [2.05, 4.69) is 61.2 Å². The molecule has 0 saturated carbocycles. The number of nitrogens with zero attached hydrogens (tertiary/aromatic N) is 1. The molecule has 0 aliphatic carbocycles. The topological polar surface area (TPSA) is 23.5 Å². The Labute approximate surface area is 147 Å². The van der Waals surface area contributed by atoms with E-state index in [0.717, 1.165) is 31.6 Å². The van der Waals surface area contributed by atoms with Gasteiger partial charge in [0.05, 0.1) is 5.60 Å². The van der Waals surface area contributed by atoms with Gasteiger partial charge in [-0.05, 0) is 55.6 Å². The zero-order valence-electron chi connectivity index (χ0n) is 15.6. The third-order valence-electron chi connectivity index (χ3n) is 4.94. The summed E-state index contributed by atoms with van der Waals surface area (Å²) in [4.78, 5) is 2.52. The van der Waals surface area contributed by atoms with Crippen molar-refractivity contribution in [1.29, 1.82) is 0 Å². The molecule has 0 fully saturated rings. The van der Waals surface area contributed by atoms with Gasteiger partial charge < -0.3 is 10.0 Å². The third-order valence-corrected chi connectivity index (χ3v) is 4.94. The fourth-order valence-corrected chi connectivity index (χ4v) is 3.30. The van der Waals surface area contributed by atoms with Gasteiger partial charge in [0.1, 0.15) is 0 Å². The van der Waals surface area contributed by atoms with Crippen LogP contribution in [0.2, 0.25) is 0 Å². The lowest BCUT2D eigenvalue weighted by Gasteiger charge is -2.30. The van der Waals surface area contributed by atoms with Crippen LogP contribution in [0.25, 0.3) is 10.8 Å². The number of fused-ring (bicyclic) bond motifs is 1. The maximum atomic E-state index is 11.2. The lowest BCUT2D eigenvalue weighted by atomic mass is 9.88. The molecule has 2 heteroatoms. The Hall–Kier alpha value is -1.38. The SMILES string of the molecule is CCCCN(CCCC)CCC(C)(O)c1cccc2ccccc12. The van der Waals surface area contributed by atoms with Crippen LogP contribution in [0.1, 0.15) is 58.4 Å². The van der Waals surface area contributed by atoms with Crippen LogP contribution in [0.15, 0.2) is 42.5 Å². The largest absolute Gasteiger partial charge is 0.385 e. The maximum Gasteiger partial charge on any atom is 0.0886 e. The first-order chi connectivity index (χ1) is 11.6. The molecule has 0 saturated heterocycles. The van der Waals surface area contributed by atoms with Crippen LogP contribution in [-0.2, 0) is 5.60 Å². The standard InChI is InChI=1S/C22H33NO/c1-4-6-16-23(17-7-5-2)18-15-22(3,24)21-14-10-12-19-11-8-9-13-20(19)21/h8-14,24H,4-7,15-18H2,1-3H3. The Morgan fingerprint density at radius 1 is 0.875 bits per heavy atom. The van der Waals surface area contributed by atoms with E-state index in [0.29, 0.717) is 0 Å². The smallest absolute Gasteiger partial charge is 0.0886 e. The Bertz CT molecular complexity index is 607. The van der Waals surface area contributed by atoms with Crippen LogP contribution in [0, 0.1) is 0 Å². The number of unbranched alkanes of at least 4 members (excludes halogenated alkanes) is 2. The monoisotopic (exact) mass is 327 g/mol. The molecule has 0 aliphatic heterocycles. The highest BCUT2D eigenvalue weighted by Crippen LogP contribution is 2.31. The first-order valence-corrected chi connectivity index (χ1v) is 9.51. The number of rotatable bonds is 10. The van der Waals surface area contributed by atoms with Crippen molar-refractivity contribution in [2.24, 2.45) is 0 Å². The van der Waals surface area contributed by atoms with Crippen molar-refractivity contribution in [2.75, 3.05) is 19.6 Å². The van der Waals surface area contributed by atoms with Crippen LogP contribution >= 0.6 is 0 Å². The zero-order valence-corrected chi connectivity index (χ0v) is 15.6. The Balaban J connectivity index is 2.10. The van der Waals surface area contributed by atoms with Gasteiger partial charge in [-0.15, -0.1) is 0 Å². The molecule has 1 atom stereocenters. The van der Waals surface area contributed by atoms with Crippen molar-refractivity contribution in [3.05, 3.63) is 48.0 Å². The van der Waals surface area contributed by atoms with Crippen molar-refractivity contribution >= 4 is 10.8 Å². The summed E-state index contributed by atoms with van der Waals surface area (Å²) >= 11 is 0. The molecule has 2 aromatic carbocycles. The Morgan fingerprint density at radius 2 is 1.50 bits per heavy atom. The quantitative estimate of drug-likeness (QED) is 0.636. The summed E-state index contributed by atoms with van der Waals surface area (Å²) in [6, 6.07) is 14.6. The molecule has 2 rings (SSSR count). The van der Waals surface area contributed by atoms with E-state index in [-0.39, 0.29) is 0 Å². The van der Waals surface area contributed by atoms with Crippen LogP contribution in [0.3, 0.4) is 0 Å².